The summed E-state index contributed by atoms with van der Waals surface area (Å²) in [6, 6.07) is 62.8. The summed E-state index contributed by atoms with van der Waals surface area (Å²) in [4.78, 5) is 9.46. The van der Waals surface area contributed by atoms with Gasteiger partial charge in [-0.3, -0.25) is 0 Å². The molecule has 0 aliphatic carbocycles. The summed E-state index contributed by atoms with van der Waals surface area (Å²) in [6.45, 7) is 15.9. The molecular weight excluding hydrogens is 952 g/mol. The van der Waals surface area contributed by atoms with Gasteiger partial charge in [-0.15, -0.1) is 48.1 Å². The van der Waals surface area contributed by atoms with Gasteiger partial charge in [0.1, 0.15) is 5.82 Å². The van der Waals surface area contributed by atoms with Crippen LogP contribution in [-0.4, -0.2) is 9.55 Å². The Kier molecular flexibility index (Phi) is 11.6. The maximum atomic E-state index is 6.66. The molecule has 2 aromatic heterocycles. The van der Waals surface area contributed by atoms with Crippen molar-refractivity contribution in [2.75, 3.05) is 9.80 Å². The molecule has 0 radical (unpaired) electrons. The number of aromatic nitrogens is 2. The van der Waals surface area contributed by atoms with Crippen LogP contribution < -0.4 is 14.5 Å². The van der Waals surface area contributed by atoms with E-state index in [0.717, 1.165) is 55.9 Å². The zero-order valence-electron chi connectivity index (χ0n) is 36.4. The molecule has 3 heterocycles. The molecule has 0 unspecified atom stereocenters. The second-order valence-corrected chi connectivity index (χ2v) is 17.1. The minimum atomic E-state index is 0. The van der Waals surface area contributed by atoms with Crippen molar-refractivity contribution in [2.24, 2.45) is 0 Å². The Morgan fingerprint density at radius 2 is 1.19 bits per heavy atom. The van der Waals surface area contributed by atoms with Crippen molar-refractivity contribution in [1.29, 1.82) is 0 Å². The van der Waals surface area contributed by atoms with Crippen molar-refractivity contribution in [3.05, 3.63) is 199 Å². The molecule has 0 N–H and O–H groups in total. The molecule has 1 aliphatic heterocycles. The first-order valence-corrected chi connectivity index (χ1v) is 21.7. The number of pyridine rings is 1. The summed E-state index contributed by atoms with van der Waals surface area (Å²) in [6.07, 6.45) is 1.95. The average molecular weight is 1000 g/mol. The third-order valence-electron chi connectivity index (χ3n) is 12.1. The largest absolute Gasteiger partial charge is 0.509 e. The third-order valence-corrected chi connectivity index (χ3v) is 12.1. The second kappa shape index (κ2) is 17.4. The number of rotatable bonds is 10. The van der Waals surface area contributed by atoms with Crippen LogP contribution in [0.5, 0.6) is 11.5 Å². The molecule has 6 heteroatoms. The Morgan fingerprint density at radius 1 is 0.540 bits per heavy atom. The summed E-state index contributed by atoms with van der Waals surface area (Å²) in [7, 11) is 0. The number of para-hydroxylation sites is 4. The van der Waals surface area contributed by atoms with Gasteiger partial charge in [-0.05, 0) is 92.9 Å². The molecule has 7 aromatic carbocycles. The second-order valence-electron chi connectivity index (χ2n) is 17.1. The molecule has 63 heavy (non-hydrogen) atoms. The van der Waals surface area contributed by atoms with E-state index >= 15 is 0 Å². The number of hydrogen-bond acceptors (Lipinski definition) is 4. The smallest absolute Gasteiger partial charge is 0.136 e. The van der Waals surface area contributed by atoms with Gasteiger partial charge in [-0.2, -0.15) is 12.1 Å². The standard InChI is InChI=1S/C57H49N4O.Pt/c1-37(2)42-31-49(38(3)4)57(50(32-42)39(5)6)41-29-30-58-56(33-41)61-52-24-13-11-22-47(52)48-28-27-45(35-55(48)61)62-44-20-16-19-43(34-44)59-36-60(54-26-15-14-25-53(54)59)51-23-12-10-21-46(51)40-17-8-7-9-18-40;/h7-33,36-39H,1-6H3;/q-3;. The van der Waals surface area contributed by atoms with Gasteiger partial charge in [-0.25, -0.2) is 4.98 Å². The molecule has 0 bridgehead atoms. The van der Waals surface area contributed by atoms with Crippen molar-refractivity contribution in [3.63, 3.8) is 0 Å². The monoisotopic (exact) mass is 1000 g/mol. The van der Waals surface area contributed by atoms with Crippen LogP contribution in [0.2, 0.25) is 0 Å². The Bertz CT molecular complexity index is 3070. The summed E-state index contributed by atoms with van der Waals surface area (Å²) in [5.41, 5.74) is 15.0. The number of anilines is 4. The molecule has 0 spiro atoms. The van der Waals surface area contributed by atoms with E-state index in [-0.39, 0.29) is 21.1 Å². The first kappa shape index (κ1) is 41.9. The minimum Gasteiger partial charge on any atom is -0.509 e. The molecule has 316 valence electrons. The zero-order valence-corrected chi connectivity index (χ0v) is 38.7. The van der Waals surface area contributed by atoms with E-state index in [4.69, 9.17) is 9.72 Å². The van der Waals surface area contributed by atoms with Crippen molar-refractivity contribution >= 4 is 44.6 Å². The number of nitrogens with zero attached hydrogens (tertiary/aromatic N) is 4. The quantitative estimate of drug-likeness (QED) is 0.128. The van der Waals surface area contributed by atoms with Gasteiger partial charge in [0, 0.05) is 66.9 Å². The normalized spacial score (nSPS) is 12.5. The Labute approximate surface area is 385 Å². The molecule has 0 amide bonds. The van der Waals surface area contributed by atoms with Crippen molar-refractivity contribution < 1.29 is 25.8 Å². The maximum Gasteiger partial charge on any atom is 0.136 e. The number of fused-ring (bicyclic) bond motifs is 4. The Morgan fingerprint density at radius 3 is 1.92 bits per heavy atom. The molecule has 10 rings (SSSR count). The molecule has 0 atom stereocenters. The van der Waals surface area contributed by atoms with E-state index in [0.29, 0.717) is 29.3 Å². The number of ether oxygens (including phenoxy) is 1. The van der Waals surface area contributed by atoms with Gasteiger partial charge in [0.15, 0.2) is 0 Å². The van der Waals surface area contributed by atoms with E-state index < -0.39 is 0 Å². The van der Waals surface area contributed by atoms with Crippen LogP contribution in [0, 0.1) is 18.8 Å². The van der Waals surface area contributed by atoms with Gasteiger partial charge in [0.25, 0.3) is 0 Å². The van der Waals surface area contributed by atoms with Crippen LogP contribution in [0.4, 0.5) is 22.7 Å². The van der Waals surface area contributed by atoms with Gasteiger partial charge < -0.3 is 19.1 Å². The van der Waals surface area contributed by atoms with Gasteiger partial charge in [0.2, 0.25) is 0 Å². The predicted molar refractivity (Wildman–Crippen MR) is 257 cm³/mol. The number of hydrogen-bond donors (Lipinski definition) is 0. The van der Waals surface area contributed by atoms with Crippen molar-refractivity contribution in [3.8, 4) is 39.6 Å². The van der Waals surface area contributed by atoms with Crippen LogP contribution in [0.25, 0.3) is 49.9 Å². The maximum absolute atomic E-state index is 6.66. The van der Waals surface area contributed by atoms with Crippen LogP contribution in [0.15, 0.2) is 164 Å². The van der Waals surface area contributed by atoms with Crippen LogP contribution in [0.1, 0.15) is 76.0 Å². The molecule has 0 fully saturated rings. The fourth-order valence-electron chi connectivity index (χ4n) is 8.95. The van der Waals surface area contributed by atoms with E-state index in [9.17, 15) is 0 Å². The predicted octanol–water partition coefficient (Wildman–Crippen LogP) is 15.7. The molecule has 0 saturated carbocycles. The Balaban J connectivity index is 0.00000504. The van der Waals surface area contributed by atoms with Gasteiger partial charge >= 0.3 is 0 Å². The van der Waals surface area contributed by atoms with E-state index in [1.54, 1.807) is 0 Å². The van der Waals surface area contributed by atoms with Crippen LogP contribution in [0.3, 0.4) is 0 Å². The minimum absolute atomic E-state index is 0. The molecule has 9 aromatic rings. The first-order valence-electron chi connectivity index (χ1n) is 21.7. The zero-order chi connectivity index (χ0) is 42.5. The van der Waals surface area contributed by atoms with Crippen molar-refractivity contribution in [1.82, 2.24) is 9.55 Å². The summed E-state index contributed by atoms with van der Waals surface area (Å²) in [5, 5.41) is 2.23. The van der Waals surface area contributed by atoms with Crippen LogP contribution in [-0.2, 0) is 21.1 Å². The molecular formula is C57H49N4OPt-3. The van der Waals surface area contributed by atoms with E-state index in [2.05, 4.69) is 214 Å². The van der Waals surface area contributed by atoms with E-state index in [1.807, 2.05) is 24.4 Å². The average Bonchev–Trinajstić information content (AvgIpc) is 3.85. The SMILES string of the molecule is CC(C)c1cc(C(C)C)c(-c2ccnc(-n3c4[c-]c(Oc5[c-]c(N6[CH-]N(c7ccccc7-c7ccccc7)c7ccccc76)ccc5)ccc4c4ccccc43)c2)c(C(C)C)c1.[Pt]. The summed E-state index contributed by atoms with van der Waals surface area (Å²) < 4.78 is 8.89. The first-order chi connectivity index (χ1) is 30.2. The van der Waals surface area contributed by atoms with Gasteiger partial charge in [0.05, 0.1) is 0 Å². The fraction of sp³-hybridized carbons (Fsp3) is 0.158. The van der Waals surface area contributed by atoms with Crippen LogP contribution >= 0.6 is 0 Å². The summed E-state index contributed by atoms with van der Waals surface area (Å²) in [5.74, 6) is 3.22. The molecule has 1 aliphatic rings. The summed E-state index contributed by atoms with van der Waals surface area (Å²) >= 11 is 0. The fourth-order valence-corrected chi connectivity index (χ4v) is 8.95. The Hall–Kier alpha value is -6.42. The third kappa shape index (κ3) is 7.74. The topological polar surface area (TPSA) is 33.5 Å². The van der Waals surface area contributed by atoms with Crippen molar-refractivity contribution in [2.45, 2.75) is 59.3 Å². The number of benzene rings is 7. The van der Waals surface area contributed by atoms with Gasteiger partial charge in [-0.1, -0.05) is 138 Å². The molecule has 0 saturated heterocycles. The molecule has 5 nitrogen and oxygen atoms in total. The van der Waals surface area contributed by atoms with E-state index in [1.165, 1.54) is 33.4 Å².